The van der Waals surface area contributed by atoms with Crippen LogP contribution in [0, 0.1) is 6.92 Å². The van der Waals surface area contributed by atoms with Crippen molar-refractivity contribution in [3.8, 4) is 0 Å². The number of fused-ring (bicyclic) bond motifs is 2. The lowest BCUT2D eigenvalue weighted by Gasteiger charge is -2.40. The minimum atomic E-state index is -0.160. The number of para-hydroxylation sites is 1. The van der Waals surface area contributed by atoms with E-state index in [-0.39, 0.29) is 18.0 Å². The van der Waals surface area contributed by atoms with Gasteiger partial charge >= 0.3 is 0 Å². The molecule has 1 saturated heterocycles. The van der Waals surface area contributed by atoms with Crippen LogP contribution in [0.15, 0.2) is 42.5 Å². The summed E-state index contributed by atoms with van der Waals surface area (Å²) in [6.07, 6.45) is 2.10. The fraction of sp³-hybridized carbons (Fsp3) is 0.300. The number of hydrogen-bond donors (Lipinski definition) is 1. The van der Waals surface area contributed by atoms with Crippen molar-refractivity contribution >= 4 is 23.2 Å². The average Bonchev–Trinajstić information content (AvgIpc) is 3.11. The predicted molar refractivity (Wildman–Crippen MR) is 98.0 cm³/mol. The van der Waals surface area contributed by atoms with Crippen LogP contribution in [0.5, 0.6) is 0 Å². The molecule has 2 heterocycles. The molecule has 0 aromatic heterocycles. The second kappa shape index (κ2) is 5.92. The lowest BCUT2D eigenvalue weighted by molar-refractivity contribution is 0.0719. The number of benzene rings is 2. The van der Waals surface area contributed by atoms with Crippen LogP contribution in [0.3, 0.4) is 0 Å². The number of hydrogen-bond acceptors (Lipinski definition) is 3. The fourth-order valence-corrected chi connectivity index (χ4v) is 3.76. The van der Waals surface area contributed by atoms with E-state index in [1.165, 1.54) is 0 Å². The van der Waals surface area contributed by atoms with Crippen LogP contribution < -0.4 is 10.2 Å². The SMILES string of the molecule is Cc1ccccc1NC(=O)c1ccc2c(c1)N(C)[C@H]1CCCN1C2=O. The van der Waals surface area contributed by atoms with E-state index in [1.54, 1.807) is 12.1 Å². The first-order valence-corrected chi connectivity index (χ1v) is 8.61. The number of amides is 2. The van der Waals surface area contributed by atoms with Gasteiger partial charge in [-0.25, -0.2) is 0 Å². The summed E-state index contributed by atoms with van der Waals surface area (Å²) in [6.45, 7) is 2.77. The van der Waals surface area contributed by atoms with E-state index in [0.29, 0.717) is 11.1 Å². The third kappa shape index (κ3) is 2.56. The maximum atomic E-state index is 12.7. The number of anilines is 2. The molecular weight excluding hydrogens is 314 g/mol. The van der Waals surface area contributed by atoms with Crippen LogP contribution in [0.1, 0.15) is 39.1 Å². The fourth-order valence-electron chi connectivity index (χ4n) is 3.76. The molecule has 2 amide bonds. The zero-order valence-corrected chi connectivity index (χ0v) is 14.5. The van der Waals surface area contributed by atoms with E-state index >= 15 is 0 Å². The van der Waals surface area contributed by atoms with Gasteiger partial charge in [-0.15, -0.1) is 0 Å². The number of aryl methyl sites for hydroxylation is 1. The molecule has 2 aromatic rings. The van der Waals surface area contributed by atoms with E-state index in [2.05, 4.69) is 10.2 Å². The van der Waals surface area contributed by atoms with Crippen molar-refractivity contribution in [1.82, 2.24) is 4.90 Å². The van der Waals surface area contributed by atoms with Gasteiger partial charge in [-0.2, -0.15) is 0 Å². The van der Waals surface area contributed by atoms with Gasteiger partial charge in [0.1, 0.15) is 6.17 Å². The Labute approximate surface area is 147 Å². The summed E-state index contributed by atoms with van der Waals surface area (Å²) >= 11 is 0. The van der Waals surface area contributed by atoms with Crippen LogP contribution in [-0.2, 0) is 0 Å². The summed E-state index contributed by atoms with van der Waals surface area (Å²) in [5.74, 6) is -0.0896. The van der Waals surface area contributed by atoms with E-state index < -0.39 is 0 Å². The summed E-state index contributed by atoms with van der Waals surface area (Å²) in [5.41, 5.74) is 3.89. The van der Waals surface area contributed by atoms with Crippen LogP contribution in [0.25, 0.3) is 0 Å². The van der Waals surface area contributed by atoms with Crippen molar-refractivity contribution in [2.75, 3.05) is 23.8 Å². The molecule has 5 heteroatoms. The Balaban J connectivity index is 1.65. The molecule has 1 atom stereocenters. The lowest BCUT2D eigenvalue weighted by atomic mass is 10.0. The zero-order valence-electron chi connectivity index (χ0n) is 14.5. The molecular formula is C20H21N3O2. The summed E-state index contributed by atoms with van der Waals surface area (Å²) in [5, 5.41) is 2.95. The molecule has 1 N–H and O–H groups in total. The van der Waals surface area contributed by atoms with Crippen LogP contribution in [0.4, 0.5) is 11.4 Å². The maximum Gasteiger partial charge on any atom is 0.257 e. The van der Waals surface area contributed by atoms with Gasteiger partial charge in [-0.1, -0.05) is 18.2 Å². The Kier molecular flexibility index (Phi) is 3.71. The second-order valence-corrected chi connectivity index (χ2v) is 6.73. The first-order chi connectivity index (χ1) is 12.1. The average molecular weight is 335 g/mol. The van der Waals surface area contributed by atoms with Gasteiger partial charge in [-0.05, 0) is 49.6 Å². The summed E-state index contributed by atoms with van der Waals surface area (Å²) in [4.78, 5) is 29.3. The standard InChI is InChI=1S/C20H21N3O2/c1-13-6-3-4-7-16(13)21-19(24)14-9-10-15-17(12-14)22(2)18-8-5-11-23(18)20(15)25/h3-4,6-7,9-10,12,18H,5,8,11H2,1-2H3,(H,21,24)/t18-/m1/s1. The normalized spacial score (nSPS) is 18.8. The van der Waals surface area contributed by atoms with Crippen molar-refractivity contribution in [1.29, 1.82) is 0 Å². The number of nitrogens with one attached hydrogen (secondary N) is 1. The Hall–Kier alpha value is -2.82. The Morgan fingerprint density at radius 1 is 1.20 bits per heavy atom. The minimum absolute atomic E-state index is 0.0708. The number of carbonyl (C=O) groups is 2. The molecule has 1 fully saturated rings. The Morgan fingerprint density at radius 3 is 2.80 bits per heavy atom. The highest BCUT2D eigenvalue weighted by Gasteiger charge is 2.38. The Morgan fingerprint density at radius 2 is 2.00 bits per heavy atom. The molecule has 0 saturated carbocycles. The Bertz CT molecular complexity index is 862. The smallest absolute Gasteiger partial charge is 0.257 e. The summed E-state index contributed by atoms with van der Waals surface area (Å²) in [6, 6.07) is 13.0. The molecule has 0 radical (unpaired) electrons. The quantitative estimate of drug-likeness (QED) is 0.916. The first-order valence-electron chi connectivity index (χ1n) is 8.61. The molecule has 25 heavy (non-hydrogen) atoms. The second-order valence-electron chi connectivity index (χ2n) is 6.73. The minimum Gasteiger partial charge on any atom is -0.354 e. The van der Waals surface area contributed by atoms with E-state index in [0.717, 1.165) is 36.3 Å². The number of carbonyl (C=O) groups excluding carboxylic acids is 2. The summed E-state index contributed by atoms with van der Waals surface area (Å²) < 4.78 is 0. The van der Waals surface area contributed by atoms with Crippen LogP contribution in [-0.4, -0.2) is 36.5 Å². The van der Waals surface area contributed by atoms with Gasteiger partial charge in [0, 0.05) is 24.8 Å². The zero-order chi connectivity index (χ0) is 17.6. The largest absolute Gasteiger partial charge is 0.354 e. The molecule has 2 aliphatic heterocycles. The van der Waals surface area contributed by atoms with Crippen molar-refractivity contribution in [2.24, 2.45) is 0 Å². The lowest BCUT2D eigenvalue weighted by Crippen LogP contribution is -2.50. The highest BCUT2D eigenvalue weighted by atomic mass is 16.2. The van der Waals surface area contributed by atoms with Gasteiger partial charge in [-0.3, -0.25) is 9.59 Å². The van der Waals surface area contributed by atoms with Gasteiger partial charge in [0.2, 0.25) is 0 Å². The molecule has 2 aliphatic rings. The molecule has 0 unspecified atom stereocenters. The molecule has 0 spiro atoms. The van der Waals surface area contributed by atoms with Crippen molar-refractivity contribution in [3.05, 3.63) is 59.2 Å². The molecule has 5 nitrogen and oxygen atoms in total. The molecule has 0 bridgehead atoms. The first kappa shape index (κ1) is 15.7. The van der Waals surface area contributed by atoms with E-state index in [4.69, 9.17) is 0 Å². The van der Waals surface area contributed by atoms with Crippen molar-refractivity contribution < 1.29 is 9.59 Å². The summed E-state index contributed by atoms with van der Waals surface area (Å²) in [7, 11) is 2.00. The van der Waals surface area contributed by atoms with Gasteiger partial charge in [0.15, 0.2) is 0 Å². The molecule has 4 rings (SSSR count). The van der Waals surface area contributed by atoms with Gasteiger partial charge < -0.3 is 15.1 Å². The third-order valence-electron chi connectivity index (χ3n) is 5.19. The van der Waals surface area contributed by atoms with Gasteiger partial charge in [0.25, 0.3) is 11.8 Å². The van der Waals surface area contributed by atoms with E-state index in [1.807, 2.05) is 49.2 Å². The highest BCUT2D eigenvalue weighted by Crippen LogP contribution is 2.35. The highest BCUT2D eigenvalue weighted by molar-refractivity contribution is 6.08. The third-order valence-corrected chi connectivity index (χ3v) is 5.19. The van der Waals surface area contributed by atoms with Gasteiger partial charge in [0.05, 0.1) is 11.3 Å². The molecule has 128 valence electrons. The molecule has 0 aliphatic carbocycles. The monoisotopic (exact) mass is 335 g/mol. The van der Waals surface area contributed by atoms with Crippen LogP contribution in [0.2, 0.25) is 0 Å². The van der Waals surface area contributed by atoms with Crippen LogP contribution >= 0.6 is 0 Å². The van der Waals surface area contributed by atoms with Crippen molar-refractivity contribution in [3.63, 3.8) is 0 Å². The molecule has 2 aromatic carbocycles. The number of nitrogens with zero attached hydrogens (tertiary/aromatic N) is 2. The predicted octanol–water partition coefficient (Wildman–Crippen LogP) is 3.26. The maximum absolute atomic E-state index is 12.7. The van der Waals surface area contributed by atoms with E-state index in [9.17, 15) is 9.59 Å². The van der Waals surface area contributed by atoms with Crippen molar-refractivity contribution in [2.45, 2.75) is 25.9 Å². The number of rotatable bonds is 2. The topological polar surface area (TPSA) is 52.7 Å².